The molecule has 1 aromatic carbocycles. The monoisotopic (exact) mass is 372 g/mol. The van der Waals surface area contributed by atoms with E-state index >= 15 is 0 Å². The van der Waals surface area contributed by atoms with Gasteiger partial charge in [-0.05, 0) is 24.6 Å². The number of ether oxygens (including phenoxy) is 1. The lowest BCUT2D eigenvalue weighted by atomic mass is 10.3. The molecule has 0 radical (unpaired) electrons. The predicted octanol–water partition coefficient (Wildman–Crippen LogP) is 2.35. The van der Waals surface area contributed by atoms with Crippen LogP contribution in [0.15, 0.2) is 29.0 Å². The van der Waals surface area contributed by atoms with E-state index in [1.165, 1.54) is 6.33 Å². The average molecular weight is 374 g/mol. The lowest BCUT2D eigenvalue weighted by Crippen LogP contribution is -2.30. The van der Waals surface area contributed by atoms with Crippen LogP contribution >= 0.6 is 27.5 Å². The Morgan fingerprint density at radius 3 is 3.05 bits per heavy atom. The van der Waals surface area contributed by atoms with E-state index in [-0.39, 0.29) is 12.5 Å². The van der Waals surface area contributed by atoms with Gasteiger partial charge in [-0.15, -0.1) is 0 Å². The van der Waals surface area contributed by atoms with Gasteiger partial charge in [-0.2, -0.15) is 5.10 Å². The third-order valence-electron chi connectivity index (χ3n) is 2.63. The third-order valence-corrected chi connectivity index (χ3v) is 3.42. The number of aryl methyl sites for hydroxylation is 1. The second-order valence-corrected chi connectivity index (χ2v) is 5.57. The first-order valence-corrected chi connectivity index (χ1v) is 7.51. The summed E-state index contributed by atoms with van der Waals surface area (Å²) in [5.41, 5.74) is 0. The molecule has 0 saturated carbocycles. The van der Waals surface area contributed by atoms with Crippen LogP contribution in [0.25, 0.3) is 0 Å². The maximum absolute atomic E-state index is 11.6. The maximum atomic E-state index is 11.6. The first-order chi connectivity index (χ1) is 10.1. The van der Waals surface area contributed by atoms with E-state index in [1.54, 1.807) is 18.2 Å². The van der Waals surface area contributed by atoms with E-state index in [9.17, 15) is 4.79 Å². The Labute approximate surface area is 135 Å². The topological polar surface area (TPSA) is 79.9 Å². The maximum Gasteiger partial charge on any atom is 0.257 e. The van der Waals surface area contributed by atoms with E-state index in [1.807, 2.05) is 0 Å². The summed E-state index contributed by atoms with van der Waals surface area (Å²) in [5, 5.41) is 9.75. The number of H-pyrrole nitrogens is 1. The molecule has 2 aromatic rings. The molecule has 0 aliphatic rings. The first kappa shape index (κ1) is 15.8. The molecular weight excluding hydrogens is 360 g/mol. The lowest BCUT2D eigenvalue weighted by Gasteiger charge is -2.08. The van der Waals surface area contributed by atoms with Crippen molar-refractivity contribution < 1.29 is 9.53 Å². The van der Waals surface area contributed by atoms with Crippen molar-refractivity contribution >= 4 is 33.4 Å². The largest absolute Gasteiger partial charge is 0.482 e. The summed E-state index contributed by atoms with van der Waals surface area (Å²) < 4.78 is 6.22. The van der Waals surface area contributed by atoms with Crippen molar-refractivity contribution in [2.75, 3.05) is 13.2 Å². The van der Waals surface area contributed by atoms with Crippen LogP contribution in [0.1, 0.15) is 12.2 Å². The van der Waals surface area contributed by atoms with Crippen LogP contribution in [-0.4, -0.2) is 34.2 Å². The van der Waals surface area contributed by atoms with E-state index in [0.717, 1.165) is 23.1 Å². The Morgan fingerprint density at radius 1 is 1.48 bits per heavy atom. The highest BCUT2D eigenvalue weighted by molar-refractivity contribution is 9.10. The molecule has 2 rings (SSSR count). The fraction of sp³-hybridized carbons (Fsp3) is 0.308. The van der Waals surface area contributed by atoms with Crippen LogP contribution in [0.4, 0.5) is 0 Å². The van der Waals surface area contributed by atoms with E-state index in [0.29, 0.717) is 17.3 Å². The van der Waals surface area contributed by atoms with Gasteiger partial charge in [-0.25, -0.2) is 4.98 Å². The zero-order valence-corrected chi connectivity index (χ0v) is 13.4. The average Bonchev–Trinajstić information content (AvgIpc) is 2.96. The number of halogens is 2. The molecule has 0 saturated heterocycles. The van der Waals surface area contributed by atoms with Gasteiger partial charge in [0.1, 0.15) is 17.9 Å². The van der Waals surface area contributed by atoms with Gasteiger partial charge in [0, 0.05) is 17.4 Å². The van der Waals surface area contributed by atoms with Crippen LogP contribution in [0.5, 0.6) is 5.75 Å². The normalized spacial score (nSPS) is 10.4. The molecule has 21 heavy (non-hydrogen) atoms. The highest BCUT2D eigenvalue weighted by atomic mass is 79.9. The number of hydrogen-bond acceptors (Lipinski definition) is 4. The predicted molar refractivity (Wildman–Crippen MR) is 82.4 cm³/mol. The molecule has 0 spiro atoms. The van der Waals surface area contributed by atoms with Gasteiger partial charge < -0.3 is 10.1 Å². The van der Waals surface area contributed by atoms with Gasteiger partial charge in [0.25, 0.3) is 5.91 Å². The second kappa shape index (κ2) is 7.99. The van der Waals surface area contributed by atoms with Crippen molar-refractivity contribution in [1.82, 2.24) is 20.5 Å². The number of aromatic amines is 1. The number of amides is 1. The number of benzene rings is 1. The van der Waals surface area contributed by atoms with Crippen molar-refractivity contribution in [3.05, 3.63) is 39.8 Å². The fourth-order valence-corrected chi connectivity index (χ4v) is 2.35. The summed E-state index contributed by atoms with van der Waals surface area (Å²) >= 11 is 9.30. The third kappa shape index (κ3) is 5.35. The summed E-state index contributed by atoms with van der Waals surface area (Å²) in [6.45, 7) is 0.487. The SMILES string of the molecule is O=C(COc1ccc(Br)cc1Cl)NCCCc1ncn[nH]1. The summed E-state index contributed by atoms with van der Waals surface area (Å²) in [7, 11) is 0. The van der Waals surface area contributed by atoms with Crippen LogP contribution in [0.2, 0.25) is 5.02 Å². The summed E-state index contributed by atoms with van der Waals surface area (Å²) in [6.07, 6.45) is 2.98. The van der Waals surface area contributed by atoms with Crippen molar-refractivity contribution in [2.24, 2.45) is 0 Å². The standard InChI is InChI=1S/C13H14BrClN4O2/c14-9-3-4-11(10(15)6-9)21-7-13(20)16-5-1-2-12-17-8-18-19-12/h3-4,6,8H,1-2,5,7H2,(H,16,20)(H,17,18,19). The Bertz CT molecular complexity index is 592. The molecule has 0 atom stereocenters. The zero-order valence-electron chi connectivity index (χ0n) is 11.1. The van der Waals surface area contributed by atoms with Crippen molar-refractivity contribution in [1.29, 1.82) is 0 Å². The number of aromatic nitrogens is 3. The minimum Gasteiger partial charge on any atom is -0.482 e. The second-order valence-electron chi connectivity index (χ2n) is 4.25. The Kier molecular flexibility index (Phi) is 6.01. The molecule has 0 aliphatic carbocycles. The van der Waals surface area contributed by atoms with Crippen LogP contribution < -0.4 is 10.1 Å². The molecule has 8 heteroatoms. The van der Waals surface area contributed by atoms with E-state index in [2.05, 4.69) is 36.4 Å². The summed E-state index contributed by atoms with van der Waals surface area (Å²) in [4.78, 5) is 15.6. The first-order valence-electron chi connectivity index (χ1n) is 6.34. The number of nitrogens with zero attached hydrogens (tertiary/aromatic N) is 2. The Morgan fingerprint density at radius 2 is 2.33 bits per heavy atom. The quantitative estimate of drug-likeness (QED) is 0.730. The molecule has 0 bridgehead atoms. The molecule has 112 valence electrons. The number of nitrogens with one attached hydrogen (secondary N) is 2. The van der Waals surface area contributed by atoms with Crippen molar-refractivity contribution in [2.45, 2.75) is 12.8 Å². The molecule has 2 N–H and O–H groups in total. The number of carbonyl (C=O) groups excluding carboxylic acids is 1. The number of rotatable bonds is 7. The molecule has 0 unspecified atom stereocenters. The van der Waals surface area contributed by atoms with Gasteiger partial charge in [-0.3, -0.25) is 9.89 Å². The molecule has 1 aromatic heterocycles. The van der Waals surface area contributed by atoms with Gasteiger partial charge in [-0.1, -0.05) is 27.5 Å². The molecule has 6 nitrogen and oxygen atoms in total. The Hall–Kier alpha value is -1.60. The number of carbonyl (C=O) groups is 1. The van der Waals surface area contributed by atoms with E-state index in [4.69, 9.17) is 16.3 Å². The highest BCUT2D eigenvalue weighted by Crippen LogP contribution is 2.27. The van der Waals surface area contributed by atoms with Crippen LogP contribution in [0.3, 0.4) is 0 Å². The van der Waals surface area contributed by atoms with Gasteiger partial charge in [0.2, 0.25) is 0 Å². The van der Waals surface area contributed by atoms with Crippen LogP contribution in [-0.2, 0) is 11.2 Å². The van der Waals surface area contributed by atoms with Crippen molar-refractivity contribution in [3.8, 4) is 5.75 Å². The Balaban J connectivity index is 1.65. The fourth-order valence-electron chi connectivity index (χ4n) is 1.62. The zero-order chi connectivity index (χ0) is 15.1. The smallest absolute Gasteiger partial charge is 0.257 e. The number of hydrogen-bond donors (Lipinski definition) is 2. The molecule has 1 amide bonds. The lowest BCUT2D eigenvalue weighted by molar-refractivity contribution is -0.123. The molecule has 1 heterocycles. The minimum absolute atomic E-state index is 0.0658. The van der Waals surface area contributed by atoms with Crippen molar-refractivity contribution in [3.63, 3.8) is 0 Å². The molecule has 0 aliphatic heterocycles. The molecule has 0 fully saturated rings. The van der Waals surface area contributed by atoms with Gasteiger partial charge in [0.15, 0.2) is 6.61 Å². The minimum atomic E-state index is -0.188. The van der Waals surface area contributed by atoms with Gasteiger partial charge in [0.05, 0.1) is 5.02 Å². The highest BCUT2D eigenvalue weighted by Gasteiger charge is 2.06. The van der Waals surface area contributed by atoms with E-state index < -0.39 is 0 Å². The summed E-state index contributed by atoms with van der Waals surface area (Å²) in [6, 6.07) is 5.23. The van der Waals surface area contributed by atoms with Crippen LogP contribution in [0, 0.1) is 0 Å². The summed E-state index contributed by atoms with van der Waals surface area (Å²) in [5.74, 6) is 1.10. The van der Waals surface area contributed by atoms with Gasteiger partial charge >= 0.3 is 0 Å². The molecular formula is C13H14BrClN4O2.